The molecule has 1 aliphatic heterocycles. The van der Waals surface area contributed by atoms with Gasteiger partial charge in [-0.1, -0.05) is 0 Å². The van der Waals surface area contributed by atoms with Crippen LogP contribution in [-0.2, 0) is 7.05 Å². The molecule has 122 valence electrons. The molecule has 0 saturated heterocycles. The Hall–Kier alpha value is -3.54. The van der Waals surface area contributed by atoms with Gasteiger partial charge in [-0.05, 0) is 13.0 Å². The summed E-state index contributed by atoms with van der Waals surface area (Å²) in [6.07, 6.45) is 0. The predicted molar refractivity (Wildman–Crippen MR) is 81.1 cm³/mol. The van der Waals surface area contributed by atoms with Crippen LogP contribution in [0.1, 0.15) is 22.9 Å². The third kappa shape index (κ3) is 2.13. The zero-order valence-electron chi connectivity index (χ0n) is 12.8. The van der Waals surface area contributed by atoms with Crippen LogP contribution in [0.5, 0.6) is 5.75 Å². The molecule has 0 unspecified atom stereocenters. The number of aromatic nitrogens is 1. The Labute approximate surface area is 135 Å². The third-order valence-corrected chi connectivity index (χ3v) is 3.93. The van der Waals surface area contributed by atoms with E-state index in [0.29, 0.717) is 5.69 Å². The first-order valence-electron chi connectivity index (χ1n) is 6.87. The van der Waals surface area contributed by atoms with Crippen LogP contribution in [-0.4, -0.2) is 9.49 Å². The van der Waals surface area contributed by atoms with Crippen molar-refractivity contribution in [1.82, 2.24) is 4.57 Å². The summed E-state index contributed by atoms with van der Waals surface area (Å²) >= 11 is 0. The summed E-state index contributed by atoms with van der Waals surface area (Å²) in [5.41, 5.74) is 6.15. The summed E-state index contributed by atoms with van der Waals surface area (Å²) in [7, 11) is 1.58. The Morgan fingerprint density at radius 2 is 2.17 bits per heavy atom. The van der Waals surface area contributed by atoms with Crippen molar-refractivity contribution >= 4 is 5.88 Å². The Bertz CT molecular complexity index is 992. The fraction of sp³-hybridized carbons (Fsp3) is 0.200. The van der Waals surface area contributed by atoms with Gasteiger partial charge in [0.1, 0.15) is 28.1 Å². The molecule has 0 spiro atoms. The molecule has 0 amide bonds. The van der Waals surface area contributed by atoms with E-state index in [1.165, 1.54) is 10.6 Å². The van der Waals surface area contributed by atoms with Gasteiger partial charge in [0.15, 0.2) is 0 Å². The van der Waals surface area contributed by atoms with Crippen molar-refractivity contribution in [3.8, 4) is 11.8 Å². The summed E-state index contributed by atoms with van der Waals surface area (Å²) < 4.78 is 12.0. The summed E-state index contributed by atoms with van der Waals surface area (Å²) in [5, 5.41) is 20.2. The zero-order chi connectivity index (χ0) is 17.6. The number of aryl methyl sites for hydroxylation is 1. The van der Waals surface area contributed by atoms with Gasteiger partial charge in [0.05, 0.1) is 17.5 Å². The van der Waals surface area contributed by atoms with Crippen LogP contribution in [0.15, 0.2) is 38.9 Å². The second-order valence-electron chi connectivity index (χ2n) is 5.29. The first kappa shape index (κ1) is 15.4. The van der Waals surface area contributed by atoms with Crippen molar-refractivity contribution in [3.05, 3.63) is 67.1 Å². The van der Waals surface area contributed by atoms with Crippen molar-refractivity contribution in [2.75, 3.05) is 0 Å². The molecule has 3 rings (SSSR count). The highest BCUT2D eigenvalue weighted by molar-refractivity contribution is 5.53. The Balaban J connectivity index is 2.31. The molecule has 3 heterocycles. The van der Waals surface area contributed by atoms with Gasteiger partial charge in [0.25, 0.3) is 5.56 Å². The van der Waals surface area contributed by atoms with E-state index in [1.54, 1.807) is 20.0 Å². The maximum absolute atomic E-state index is 12.7. The van der Waals surface area contributed by atoms with Crippen LogP contribution in [0.2, 0.25) is 0 Å². The molecule has 0 aromatic carbocycles. The quantitative estimate of drug-likeness (QED) is 0.649. The number of nitro groups is 1. The third-order valence-electron chi connectivity index (χ3n) is 3.93. The topological polar surface area (TPSA) is 137 Å². The van der Waals surface area contributed by atoms with Gasteiger partial charge in [-0.3, -0.25) is 14.9 Å². The number of ether oxygens (including phenoxy) is 1. The van der Waals surface area contributed by atoms with E-state index in [1.807, 2.05) is 6.07 Å². The normalized spacial score (nSPS) is 16.3. The molecule has 1 aliphatic rings. The fourth-order valence-corrected chi connectivity index (χ4v) is 2.62. The maximum atomic E-state index is 12.7. The monoisotopic (exact) mass is 328 g/mol. The summed E-state index contributed by atoms with van der Waals surface area (Å²) in [6.45, 7) is 1.72. The van der Waals surface area contributed by atoms with Crippen molar-refractivity contribution in [1.29, 1.82) is 5.26 Å². The SMILES string of the molecule is Cc1cc2c(c(=O)n1C)[C@H](c1ccc([N+](=O)[O-])o1)C(C#N)=C(N)O2. The second kappa shape index (κ2) is 5.27. The first-order valence-corrected chi connectivity index (χ1v) is 6.87. The zero-order valence-corrected chi connectivity index (χ0v) is 12.8. The molecule has 24 heavy (non-hydrogen) atoms. The highest BCUT2D eigenvalue weighted by Gasteiger charge is 2.36. The van der Waals surface area contributed by atoms with Gasteiger partial charge in [0, 0.05) is 18.8 Å². The van der Waals surface area contributed by atoms with Crippen molar-refractivity contribution in [2.45, 2.75) is 12.8 Å². The van der Waals surface area contributed by atoms with Crippen LogP contribution in [0.3, 0.4) is 0 Å². The number of furan rings is 1. The van der Waals surface area contributed by atoms with Crippen molar-refractivity contribution in [3.63, 3.8) is 0 Å². The van der Waals surface area contributed by atoms with E-state index in [-0.39, 0.29) is 28.5 Å². The number of allylic oxidation sites excluding steroid dienone is 1. The lowest BCUT2D eigenvalue weighted by molar-refractivity contribution is -0.402. The fourth-order valence-electron chi connectivity index (χ4n) is 2.62. The molecule has 0 aliphatic carbocycles. The average Bonchev–Trinajstić information content (AvgIpc) is 3.01. The number of pyridine rings is 1. The molecule has 2 N–H and O–H groups in total. The van der Waals surface area contributed by atoms with E-state index in [0.717, 1.165) is 6.07 Å². The predicted octanol–water partition coefficient (Wildman–Crippen LogP) is 1.41. The van der Waals surface area contributed by atoms with Crippen LogP contribution < -0.4 is 16.0 Å². The number of nitrogens with zero attached hydrogens (tertiary/aromatic N) is 3. The van der Waals surface area contributed by atoms with Crippen LogP contribution in [0.4, 0.5) is 5.88 Å². The Morgan fingerprint density at radius 1 is 1.46 bits per heavy atom. The number of nitriles is 1. The lowest BCUT2D eigenvalue weighted by Crippen LogP contribution is -2.31. The highest BCUT2D eigenvalue weighted by atomic mass is 16.6. The molecule has 0 fully saturated rings. The van der Waals surface area contributed by atoms with E-state index in [9.17, 15) is 20.2 Å². The lowest BCUT2D eigenvalue weighted by Gasteiger charge is -2.25. The average molecular weight is 328 g/mol. The summed E-state index contributed by atoms with van der Waals surface area (Å²) in [5.74, 6) is -1.34. The van der Waals surface area contributed by atoms with E-state index < -0.39 is 22.3 Å². The summed E-state index contributed by atoms with van der Waals surface area (Å²) in [6, 6.07) is 6.02. The van der Waals surface area contributed by atoms with Crippen molar-refractivity contribution < 1.29 is 14.1 Å². The number of rotatable bonds is 2. The smallest absolute Gasteiger partial charge is 0.433 e. The minimum atomic E-state index is -0.966. The largest absolute Gasteiger partial charge is 0.440 e. The minimum absolute atomic E-state index is 0.0345. The highest BCUT2D eigenvalue weighted by Crippen LogP contribution is 2.41. The van der Waals surface area contributed by atoms with Gasteiger partial charge in [0.2, 0.25) is 5.88 Å². The Kier molecular flexibility index (Phi) is 3.38. The van der Waals surface area contributed by atoms with E-state index in [2.05, 4.69) is 0 Å². The van der Waals surface area contributed by atoms with Crippen LogP contribution >= 0.6 is 0 Å². The Morgan fingerprint density at radius 3 is 2.75 bits per heavy atom. The molecule has 0 saturated carbocycles. The molecule has 9 heteroatoms. The molecule has 0 radical (unpaired) electrons. The van der Waals surface area contributed by atoms with Gasteiger partial charge >= 0.3 is 5.88 Å². The van der Waals surface area contributed by atoms with Gasteiger partial charge in [-0.2, -0.15) is 5.26 Å². The first-order chi connectivity index (χ1) is 11.3. The number of hydrogen-bond donors (Lipinski definition) is 1. The molecule has 2 aromatic heterocycles. The lowest BCUT2D eigenvalue weighted by atomic mass is 9.88. The standard InChI is InChI=1S/C15H12N4O5/c1-7-5-10-13(15(20)18(7)2)12(8(6-16)14(17)24-10)9-3-4-11(23-9)19(21)22/h3-5,12H,17H2,1-2H3/t12-/m0/s1. The second-order valence-corrected chi connectivity index (χ2v) is 5.29. The van der Waals surface area contributed by atoms with Crippen LogP contribution in [0, 0.1) is 28.4 Å². The molecule has 9 nitrogen and oxygen atoms in total. The van der Waals surface area contributed by atoms with Gasteiger partial charge < -0.3 is 19.5 Å². The number of nitrogens with two attached hydrogens (primary N) is 1. The molecule has 0 bridgehead atoms. The molecular weight excluding hydrogens is 316 g/mol. The molecule has 1 atom stereocenters. The number of fused-ring (bicyclic) bond motifs is 1. The number of hydrogen-bond acceptors (Lipinski definition) is 7. The summed E-state index contributed by atoms with van der Waals surface area (Å²) in [4.78, 5) is 22.8. The van der Waals surface area contributed by atoms with E-state index in [4.69, 9.17) is 14.9 Å². The molecule has 2 aromatic rings. The van der Waals surface area contributed by atoms with Gasteiger partial charge in [-0.15, -0.1) is 0 Å². The van der Waals surface area contributed by atoms with E-state index >= 15 is 0 Å². The molecular formula is C15H12N4O5. The maximum Gasteiger partial charge on any atom is 0.433 e. The van der Waals surface area contributed by atoms with Crippen molar-refractivity contribution in [2.24, 2.45) is 12.8 Å². The van der Waals surface area contributed by atoms with Gasteiger partial charge in [-0.25, -0.2) is 0 Å². The van der Waals surface area contributed by atoms with Crippen LogP contribution in [0.25, 0.3) is 0 Å². The minimum Gasteiger partial charge on any atom is -0.440 e.